The van der Waals surface area contributed by atoms with Gasteiger partial charge in [-0.25, -0.2) is 22.8 Å². The second kappa shape index (κ2) is 7.38. The Bertz CT molecular complexity index is 899. The second-order valence-electron chi connectivity index (χ2n) is 5.54. The number of aromatic nitrogens is 5. The van der Waals surface area contributed by atoms with Crippen LogP contribution in [0.25, 0.3) is 5.69 Å². The highest BCUT2D eigenvalue weighted by atomic mass is 19.3. The third-order valence-corrected chi connectivity index (χ3v) is 3.45. The molecule has 2 aromatic heterocycles. The third-order valence-electron chi connectivity index (χ3n) is 3.45. The van der Waals surface area contributed by atoms with E-state index >= 15 is 0 Å². The van der Waals surface area contributed by atoms with E-state index < -0.39 is 17.8 Å². The number of anilines is 1. The Hall–Kier alpha value is -3.17. The predicted octanol–water partition coefficient (Wildman–Crippen LogP) is 2.78. The zero-order chi connectivity index (χ0) is 18.7. The molecule has 0 fully saturated rings. The van der Waals surface area contributed by atoms with E-state index in [2.05, 4.69) is 20.3 Å². The Morgan fingerprint density at radius 2 is 2.04 bits per heavy atom. The molecule has 0 aliphatic rings. The Kier molecular flexibility index (Phi) is 5.01. The fraction of sp³-hybridized carbons (Fsp3) is 0.250. The summed E-state index contributed by atoms with van der Waals surface area (Å²) < 4.78 is 45.7. The highest BCUT2D eigenvalue weighted by Crippen LogP contribution is 2.24. The maximum atomic E-state index is 13.4. The van der Waals surface area contributed by atoms with Crippen LogP contribution in [0.5, 0.6) is 6.01 Å². The van der Waals surface area contributed by atoms with Gasteiger partial charge < -0.3 is 9.64 Å². The lowest BCUT2D eigenvalue weighted by Crippen LogP contribution is -2.11. The first-order valence-corrected chi connectivity index (χ1v) is 7.56. The topological polar surface area (TPSA) is 69.0 Å². The molecule has 0 amide bonds. The zero-order valence-corrected chi connectivity index (χ0v) is 14.0. The lowest BCUT2D eigenvalue weighted by atomic mass is 10.2. The highest BCUT2D eigenvalue weighted by molar-refractivity contribution is 5.37. The molecule has 0 saturated heterocycles. The summed E-state index contributed by atoms with van der Waals surface area (Å²) in [6.45, 7) is 0.0414. The minimum atomic E-state index is -2.91. The van der Waals surface area contributed by atoms with E-state index in [9.17, 15) is 13.2 Å². The van der Waals surface area contributed by atoms with Gasteiger partial charge in [-0.3, -0.25) is 0 Å². The molecule has 3 aromatic rings. The number of ether oxygens (including phenoxy) is 1. The van der Waals surface area contributed by atoms with Crippen LogP contribution in [0, 0.1) is 5.82 Å². The van der Waals surface area contributed by atoms with Gasteiger partial charge in [-0.1, -0.05) is 5.21 Å². The molecule has 0 aliphatic carbocycles. The molecule has 136 valence electrons. The Morgan fingerprint density at radius 3 is 2.77 bits per heavy atom. The van der Waals surface area contributed by atoms with Crippen LogP contribution in [0.2, 0.25) is 0 Å². The number of hydrogen-bond donors (Lipinski definition) is 0. The summed E-state index contributed by atoms with van der Waals surface area (Å²) in [5.74, 6) is -0.283. The van der Waals surface area contributed by atoms with Gasteiger partial charge in [0.1, 0.15) is 23.9 Å². The number of hydrogen-bond acceptors (Lipinski definition) is 6. The van der Waals surface area contributed by atoms with E-state index in [-0.39, 0.29) is 18.3 Å². The lowest BCUT2D eigenvalue weighted by Gasteiger charge is -2.11. The van der Waals surface area contributed by atoms with Crippen LogP contribution in [-0.4, -0.2) is 39.1 Å². The predicted molar refractivity (Wildman–Crippen MR) is 87.0 cm³/mol. The van der Waals surface area contributed by atoms with Crippen molar-refractivity contribution in [1.29, 1.82) is 0 Å². The number of nitrogens with zero attached hydrogens (tertiary/aromatic N) is 6. The van der Waals surface area contributed by atoms with E-state index in [1.54, 1.807) is 17.2 Å². The van der Waals surface area contributed by atoms with Gasteiger partial charge in [0.25, 0.3) is 6.43 Å². The summed E-state index contributed by atoms with van der Waals surface area (Å²) in [7, 11) is 3.68. The second-order valence-corrected chi connectivity index (χ2v) is 5.54. The van der Waals surface area contributed by atoms with Gasteiger partial charge in [-0.05, 0) is 24.3 Å². The van der Waals surface area contributed by atoms with Crippen molar-refractivity contribution in [2.24, 2.45) is 0 Å². The van der Waals surface area contributed by atoms with Crippen molar-refractivity contribution >= 4 is 5.82 Å². The molecule has 1 aromatic carbocycles. The minimum absolute atomic E-state index is 0.0414. The summed E-state index contributed by atoms with van der Waals surface area (Å²) in [6, 6.07) is 5.24. The van der Waals surface area contributed by atoms with E-state index in [1.165, 1.54) is 16.9 Å². The van der Waals surface area contributed by atoms with Crippen molar-refractivity contribution in [3.63, 3.8) is 0 Å². The first kappa shape index (κ1) is 17.6. The molecule has 3 rings (SSSR count). The first-order valence-electron chi connectivity index (χ1n) is 7.56. The summed E-state index contributed by atoms with van der Waals surface area (Å²) in [4.78, 5) is 10.0. The highest BCUT2D eigenvalue weighted by Gasteiger charge is 2.15. The maximum Gasteiger partial charge on any atom is 0.318 e. The van der Waals surface area contributed by atoms with Gasteiger partial charge in [0.05, 0.1) is 17.4 Å². The largest absolute Gasteiger partial charge is 0.457 e. The normalized spacial score (nSPS) is 11.0. The van der Waals surface area contributed by atoms with Crippen molar-refractivity contribution in [2.45, 2.75) is 13.0 Å². The van der Waals surface area contributed by atoms with Crippen LogP contribution >= 0.6 is 0 Å². The van der Waals surface area contributed by atoms with Crippen LogP contribution in [0.4, 0.5) is 19.0 Å². The molecule has 7 nitrogen and oxygen atoms in total. The molecule has 0 spiro atoms. The van der Waals surface area contributed by atoms with Crippen molar-refractivity contribution in [3.05, 3.63) is 53.7 Å². The maximum absolute atomic E-state index is 13.4. The quantitative estimate of drug-likeness (QED) is 0.670. The molecule has 10 heteroatoms. The van der Waals surface area contributed by atoms with Crippen LogP contribution in [0.1, 0.15) is 17.7 Å². The third kappa shape index (κ3) is 3.90. The molecule has 0 radical (unpaired) electrons. The Balaban J connectivity index is 1.72. The van der Waals surface area contributed by atoms with Crippen LogP contribution in [-0.2, 0) is 6.61 Å². The molecular weight excluding hydrogens is 349 g/mol. The van der Waals surface area contributed by atoms with E-state index in [0.29, 0.717) is 11.5 Å². The van der Waals surface area contributed by atoms with Gasteiger partial charge in [-0.15, -0.1) is 5.10 Å². The number of halogens is 3. The first-order chi connectivity index (χ1) is 12.4. The van der Waals surface area contributed by atoms with Crippen LogP contribution < -0.4 is 9.64 Å². The molecule has 0 aliphatic heterocycles. The van der Waals surface area contributed by atoms with E-state index in [0.717, 1.165) is 12.1 Å². The summed E-state index contributed by atoms with van der Waals surface area (Å²) in [5.41, 5.74) is 0.0165. The standard InChI is InChI=1S/C16H15F3N6O/c1-24(2)14-5-6-20-16(21-14)26-9-10-8-25(23-22-10)11-3-4-13(17)12(7-11)15(18)19/h3-8,15H,9H2,1-2H3. The Labute approximate surface area is 147 Å². The molecule has 0 bridgehead atoms. The van der Waals surface area contributed by atoms with Crippen molar-refractivity contribution in [3.8, 4) is 11.7 Å². The fourth-order valence-electron chi connectivity index (χ4n) is 2.12. The molecule has 0 N–H and O–H groups in total. The summed E-state index contributed by atoms with van der Waals surface area (Å²) in [6.07, 6.45) is 0.152. The van der Waals surface area contributed by atoms with Gasteiger partial charge in [0.15, 0.2) is 0 Å². The van der Waals surface area contributed by atoms with Gasteiger partial charge in [-0.2, -0.15) is 4.98 Å². The number of rotatable bonds is 6. The average Bonchev–Trinajstić information content (AvgIpc) is 3.09. The Morgan fingerprint density at radius 1 is 1.23 bits per heavy atom. The van der Waals surface area contributed by atoms with Crippen molar-refractivity contribution in [1.82, 2.24) is 25.0 Å². The molecular formula is C16H15F3N6O. The van der Waals surface area contributed by atoms with Gasteiger partial charge in [0.2, 0.25) is 0 Å². The van der Waals surface area contributed by atoms with Crippen molar-refractivity contribution in [2.75, 3.05) is 19.0 Å². The van der Waals surface area contributed by atoms with E-state index in [4.69, 9.17) is 4.74 Å². The molecule has 0 unspecified atom stereocenters. The smallest absolute Gasteiger partial charge is 0.318 e. The monoisotopic (exact) mass is 364 g/mol. The minimum Gasteiger partial charge on any atom is -0.457 e. The molecule has 0 saturated carbocycles. The molecule has 26 heavy (non-hydrogen) atoms. The lowest BCUT2D eigenvalue weighted by molar-refractivity contribution is 0.146. The van der Waals surface area contributed by atoms with E-state index in [1.807, 2.05) is 14.1 Å². The van der Waals surface area contributed by atoms with Crippen molar-refractivity contribution < 1.29 is 17.9 Å². The molecule has 2 heterocycles. The van der Waals surface area contributed by atoms with Gasteiger partial charge in [0, 0.05) is 20.3 Å². The number of alkyl halides is 2. The molecule has 0 atom stereocenters. The summed E-state index contributed by atoms with van der Waals surface area (Å²) >= 11 is 0. The van der Waals surface area contributed by atoms with Crippen LogP contribution in [0.3, 0.4) is 0 Å². The van der Waals surface area contributed by atoms with Crippen LogP contribution in [0.15, 0.2) is 36.7 Å². The van der Waals surface area contributed by atoms with Gasteiger partial charge >= 0.3 is 6.01 Å². The zero-order valence-electron chi connectivity index (χ0n) is 14.0. The number of benzene rings is 1. The SMILES string of the molecule is CN(C)c1ccnc(OCc2cn(-c3ccc(F)c(C(F)F)c3)nn2)n1. The average molecular weight is 364 g/mol. The summed E-state index contributed by atoms with van der Waals surface area (Å²) in [5, 5.41) is 7.75. The fourth-order valence-corrected chi connectivity index (χ4v) is 2.12.